The van der Waals surface area contributed by atoms with E-state index in [9.17, 15) is 14.4 Å². The van der Waals surface area contributed by atoms with Crippen molar-refractivity contribution in [2.24, 2.45) is 0 Å². The van der Waals surface area contributed by atoms with Crippen LogP contribution in [-0.2, 0) is 4.74 Å². The molecule has 3 aromatic carbocycles. The van der Waals surface area contributed by atoms with Crippen LogP contribution in [0, 0.1) is 13.8 Å². The molecule has 0 saturated carbocycles. The molecule has 1 aliphatic heterocycles. The fourth-order valence-corrected chi connectivity index (χ4v) is 4.71. The summed E-state index contributed by atoms with van der Waals surface area (Å²) in [5, 5.41) is 0.420. The number of carbonyl (C=O) groups excluding carboxylic acids is 2. The fourth-order valence-electron chi connectivity index (χ4n) is 4.71. The molecule has 4 aromatic rings. The summed E-state index contributed by atoms with van der Waals surface area (Å²) in [6.07, 6.45) is 1.64. The zero-order chi connectivity index (χ0) is 27.0. The number of amides is 1. The highest BCUT2D eigenvalue weighted by Gasteiger charge is 2.43. The van der Waals surface area contributed by atoms with Crippen molar-refractivity contribution in [3.05, 3.63) is 117 Å². The number of carbonyl (C=O) groups is 2. The number of ether oxygens (including phenoxy) is 2. The van der Waals surface area contributed by atoms with Crippen LogP contribution in [-0.4, -0.2) is 25.1 Å². The Kier molecular flexibility index (Phi) is 6.59. The van der Waals surface area contributed by atoms with Crippen LogP contribution in [0.15, 0.2) is 82.5 Å². The van der Waals surface area contributed by atoms with E-state index in [0.717, 1.165) is 11.1 Å². The zero-order valence-electron chi connectivity index (χ0n) is 21.4. The van der Waals surface area contributed by atoms with Gasteiger partial charge in [0.2, 0.25) is 5.76 Å². The van der Waals surface area contributed by atoms with Gasteiger partial charge in [0.05, 0.1) is 29.2 Å². The van der Waals surface area contributed by atoms with E-state index in [1.165, 1.54) is 4.90 Å². The second-order valence-corrected chi connectivity index (χ2v) is 9.12. The molecule has 5 rings (SSSR count). The smallest absolute Gasteiger partial charge is 0.338 e. The second kappa shape index (κ2) is 10.0. The third-order valence-corrected chi connectivity index (χ3v) is 6.68. The van der Waals surface area contributed by atoms with Gasteiger partial charge in [-0.1, -0.05) is 24.8 Å². The Hall–Kier alpha value is -4.65. The molecule has 7 nitrogen and oxygen atoms in total. The number of rotatable bonds is 7. The fraction of sp³-hybridized carbons (Fsp3) is 0.194. The summed E-state index contributed by atoms with van der Waals surface area (Å²) >= 11 is 0. The summed E-state index contributed by atoms with van der Waals surface area (Å²) in [4.78, 5) is 41.5. The van der Waals surface area contributed by atoms with Gasteiger partial charge >= 0.3 is 5.97 Å². The molecule has 7 heteroatoms. The normalized spacial score (nSPS) is 14.4. The van der Waals surface area contributed by atoms with E-state index in [1.807, 2.05) is 26.0 Å². The first-order valence-corrected chi connectivity index (χ1v) is 12.4. The molecule has 0 bridgehead atoms. The summed E-state index contributed by atoms with van der Waals surface area (Å²) in [5.41, 5.74) is 3.84. The Balaban J connectivity index is 1.71. The largest absolute Gasteiger partial charge is 0.490 e. The van der Waals surface area contributed by atoms with E-state index < -0.39 is 17.9 Å². The van der Waals surface area contributed by atoms with Crippen molar-refractivity contribution in [1.82, 2.24) is 0 Å². The quantitative estimate of drug-likeness (QED) is 0.228. The van der Waals surface area contributed by atoms with E-state index in [2.05, 4.69) is 6.58 Å². The molecule has 1 atom stereocenters. The van der Waals surface area contributed by atoms with Crippen molar-refractivity contribution in [2.75, 3.05) is 18.1 Å². The molecule has 38 heavy (non-hydrogen) atoms. The summed E-state index contributed by atoms with van der Waals surface area (Å²) in [5.74, 6) is -0.309. The van der Waals surface area contributed by atoms with Crippen LogP contribution in [0.25, 0.3) is 11.0 Å². The molecule has 0 N–H and O–H groups in total. The Morgan fingerprint density at radius 3 is 2.50 bits per heavy atom. The van der Waals surface area contributed by atoms with Gasteiger partial charge in [0, 0.05) is 5.69 Å². The van der Waals surface area contributed by atoms with E-state index in [4.69, 9.17) is 13.9 Å². The lowest BCUT2D eigenvalue weighted by molar-refractivity contribution is 0.0526. The Labute approximate surface area is 219 Å². The first kappa shape index (κ1) is 25.0. The first-order valence-electron chi connectivity index (χ1n) is 12.4. The van der Waals surface area contributed by atoms with Crippen molar-refractivity contribution in [3.8, 4) is 5.75 Å². The average molecular weight is 510 g/mol. The number of esters is 1. The van der Waals surface area contributed by atoms with Gasteiger partial charge in [-0.05, 0) is 86.0 Å². The number of hydrogen-bond donors (Lipinski definition) is 0. The number of aryl methyl sites for hydroxylation is 2. The molecule has 2 heterocycles. The SMILES string of the molecule is C=CCOc1cccc(C2c3c(oc4cc(C)c(C)cc4c3=O)C(=O)N2c2ccc(C(=O)OCC)cc2)c1. The molecule has 192 valence electrons. The molecule has 0 fully saturated rings. The number of nitrogens with zero attached hydrogens (tertiary/aromatic N) is 1. The molecule has 1 amide bonds. The van der Waals surface area contributed by atoms with Crippen LogP contribution in [0.2, 0.25) is 0 Å². The molecular formula is C31H27NO6. The molecule has 0 spiro atoms. The van der Waals surface area contributed by atoms with E-state index in [1.54, 1.807) is 61.5 Å². The van der Waals surface area contributed by atoms with E-state index >= 15 is 0 Å². The summed E-state index contributed by atoms with van der Waals surface area (Å²) < 4.78 is 16.9. The standard InChI is InChI=1S/C31H27NO6/c1-5-14-37-23-9-7-8-21(17-23)27-26-28(33)24-15-18(3)19(4)16-25(24)38-29(26)30(34)32(27)22-12-10-20(11-13-22)31(35)36-6-2/h5,7-13,15-17,27H,1,6,14H2,2-4H3. The van der Waals surface area contributed by atoms with Gasteiger partial charge < -0.3 is 13.9 Å². The topological polar surface area (TPSA) is 86.0 Å². The summed E-state index contributed by atoms with van der Waals surface area (Å²) in [6.45, 7) is 9.86. The lowest BCUT2D eigenvalue weighted by Crippen LogP contribution is -2.29. The molecule has 1 aliphatic rings. The molecule has 0 saturated heterocycles. The second-order valence-electron chi connectivity index (χ2n) is 9.12. The van der Waals surface area contributed by atoms with Crippen LogP contribution in [0.5, 0.6) is 5.75 Å². The highest BCUT2D eigenvalue weighted by Crippen LogP contribution is 2.42. The Morgan fingerprint density at radius 2 is 1.79 bits per heavy atom. The zero-order valence-corrected chi connectivity index (χ0v) is 21.4. The van der Waals surface area contributed by atoms with Crippen LogP contribution in [0.3, 0.4) is 0 Å². The van der Waals surface area contributed by atoms with Crippen molar-refractivity contribution in [2.45, 2.75) is 26.8 Å². The Bertz CT molecular complexity index is 1630. The maximum absolute atomic E-state index is 13.9. The van der Waals surface area contributed by atoms with Crippen LogP contribution in [0.1, 0.15) is 56.1 Å². The van der Waals surface area contributed by atoms with E-state index in [0.29, 0.717) is 40.1 Å². The maximum atomic E-state index is 13.9. The van der Waals surface area contributed by atoms with Crippen LogP contribution in [0.4, 0.5) is 5.69 Å². The minimum atomic E-state index is -0.763. The van der Waals surface area contributed by atoms with Gasteiger partial charge in [0.15, 0.2) is 5.43 Å². The van der Waals surface area contributed by atoms with Gasteiger partial charge in [-0.2, -0.15) is 0 Å². The van der Waals surface area contributed by atoms with Crippen molar-refractivity contribution in [3.63, 3.8) is 0 Å². The predicted molar refractivity (Wildman–Crippen MR) is 145 cm³/mol. The number of anilines is 1. The minimum Gasteiger partial charge on any atom is -0.490 e. The highest BCUT2D eigenvalue weighted by atomic mass is 16.5. The third kappa shape index (κ3) is 4.26. The summed E-state index contributed by atoms with van der Waals surface area (Å²) in [7, 11) is 0. The van der Waals surface area contributed by atoms with Gasteiger partial charge in [0.1, 0.15) is 17.9 Å². The molecule has 0 radical (unpaired) electrons. The van der Waals surface area contributed by atoms with Gasteiger partial charge in [-0.15, -0.1) is 0 Å². The molecule has 1 aromatic heterocycles. The molecule has 1 unspecified atom stereocenters. The van der Waals surface area contributed by atoms with Gasteiger partial charge in [-0.25, -0.2) is 4.79 Å². The van der Waals surface area contributed by atoms with Gasteiger partial charge in [-0.3, -0.25) is 14.5 Å². The number of hydrogen-bond acceptors (Lipinski definition) is 6. The van der Waals surface area contributed by atoms with Crippen molar-refractivity contribution in [1.29, 1.82) is 0 Å². The monoisotopic (exact) mass is 509 g/mol. The molecule has 0 aliphatic carbocycles. The lowest BCUT2D eigenvalue weighted by Gasteiger charge is -2.25. The van der Waals surface area contributed by atoms with Crippen molar-refractivity contribution < 1.29 is 23.5 Å². The van der Waals surface area contributed by atoms with Crippen molar-refractivity contribution >= 4 is 28.5 Å². The lowest BCUT2D eigenvalue weighted by atomic mass is 9.97. The van der Waals surface area contributed by atoms with Gasteiger partial charge in [0.25, 0.3) is 5.91 Å². The number of fused-ring (bicyclic) bond motifs is 2. The minimum absolute atomic E-state index is 0.00244. The predicted octanol–water partition coefficient (Wildman–Crippen LogP) is 5.90. The van der Waals surface area contributed by atoms with Crippen LogP contribution >= 0.6 is 0 Å². The third-order valence-electron chi connectivity index (χ3n) is 6.68. The average Bonchev–Trinajstić information content (AvgIpc) is 3.21. The Morgan fingerprint density at radius 1 is 1.05 bits per heavy atom. The summed E-state index contributed by atoms with van der Waals surface area (Å²) in [6, 6.07) is 16.6. The molecular weight excluding hydrogens is 482 g/mol. The highest BCUT2D eigenvalue weighted by molar-refractivity contribution is 6.11. The van der Waals surface area contributed by atoms with Crippen LogP contribution < -0.4 is 15.1 Å². The number of benzene rings is 3. The van der Waals surface area contributed by atoms with E-state index in [-0.39, 0.29) is 23.4 Å². The maximum Gasteiger partial charge on any atom is 0.338 e. The first-order chi connectivity index (χ1) is 18.3.